The van der Waals surface area contributed by atoms with Crippen molar-refractivity contribution in [2.75, 3.05) is 13.2 Å². The van der Waals surface area contributed by atoms with E-state index in [-0.39, 0.29) is 5.60 Å². The molecule has 1 saturated carbocycles. The molecule has 1 saturated heterocycles. The summed E-state index contributed by atoms with van der Waals surface area (Å²) in [5.41, 5.74) is 0.152. The van der Waals surface area contributed by atoms with Gasteiger partial charge in [0.1, 0.15) is 0 Å². The van der Waals surface area contributed by atoms with Gasteiger partial charge >= 0.3 is 0 Å². The Kier molecular flexibility index (Phi) is 5.08. The molecule has 0 amide bonds. The van der Waals surface area contributed by atoms with Gasteiger partial charge in [-0.25, -0.2) is 0 Å². The third kappa shape index (κ3) is 2.91. The minimum absolute atomic E-state index is 0.152. The maximum absolute atomic E-state index is 6.37. The van der Waals surface area contributed by atoms with Gasteiger partial charge in [0.05, 0.1) is 12.2 Å². The summed E-state index contributed by atoms with van der Waals surface area (Å²) in [6, 6.07) is 0.589. The predicted molar refractivity (Wildman–Crippen MR) is 76.8 cm³/mol. The molecule has 1 spiro atoms. The maximum Gasteiger partial charge on any atom is 0.0838 e. The molecule has 1 heterocycles. The summed E-state index contributed by atoms with van der Waals surface area (Å²) in [4.78, 5) is 0. The Hall–Kier alpha value is -0.0800. The van der Waals surface area contributed by atoms with Crippen molar-refractivity contribution >= 4 is 0 Å². The van der Waals surface area contributed by atoms with Crippen LogP contribution in [0.3, 0.4) is 0 Å². The number of hydrogen-bond acceptors (Lipinski definition) is 2. The van der Waals surface area contributed by atoms with E-state index in [4.69, 9.17) is 4.74 Å². The zero-order valence-electron chi connectivity index (χ0n) is 12.5. The molecule has 1 N–H and O–H groups in total. The molecule has 2 fully saturated rings. The van der Waals surface area contributed by atoms with Crippen LogP contribution in [0.4, 0.5) is 0 Å². The molecule has 0 aromatic carbocycles. The van der Waals surface area contributed by atoms with Crippen molar-refractivity contribution in [3.05, 3.63) is 0 Å². The average Bonchev–Trinajstić information content (AvgIpc) is 2.57. The molecule has 0 aromatic rings. The van der Waals surface area contributed by atoms with Crippen molar-refractivity contribution < 1.29 is 4.74 Å². The summed E-state index contributed by atoms with van der Waals surface area (Å²) in [6.07, 6.45) is 9.16. The van der Waals surface area contributed by atoms with Gasteiger partial charge in [0.15, 0.2) is 0 Å². The maximum atomic E-state index is 6.37. The second-order valence-corrected chi connectivity index (χ2v) is 6.46. The number of ether oxygens (including phenoxy) is 1. The van der Waals surface area contributed by atoms with E-state index in [9.17, 15) is 0 Å². The van der Waals surface area contributed by atoms with Crippen LogP contribution in [-0.4, -0.2) is 24.8 Å². The highest BCUT2D eigenvalue weighted by Crippen LogP contribution is 2.40. The van der Waals surface area contributed by atoms with Crippen LogP contribution < -0.4 is 5.32 Å². The molecule has 2 nitrogen and oxygen atoms in total. The van der Waals surface area contributed by atoms with Crippen LogP contribution in [0.15, 0.2) is 0 Å². The van der Waals surface area contributed by atoms with E-state index in [2.05, 4.69) is 26.1 Å². The average molecular weight is 253 g/mol. The number of hydrogen-bond donors (Lipinski definition) is 1. The van der Waals surface area contributed by atoms with Gasteiger partial charge in [-0.15, -0.1) is 0 Å². The summed E-state index contributed by atoms with van der Waals surface area (Å²) < 4.78 is 6.37. The van der Waals surface area contributed by atoms with Gasteiger partial charge < -0.3 is 10.1 Å². The van der Waals surface area contributed by atoms with Crippen LogP contribution in [0.25, 0.3) is 0 Å². The van der Waals surface area contributed by atoms with Crippen LogP contribution in [0.2, 0.25) is 0 Å². The lowest BCUT2D eigenvalue weighted by molar-refractivity contribution is -0.120. The lowest BCUT2D eigenvalue weighted by Crippen LogP contribution is -2.60. The van der Waals surface area contributed by atoms with Gasteiger partial charge in [-0.2, -0.15) is 0 Å². The molecule has 0 bridgehead atoms. The zero-order chi connectivity index (χ0) is 13.0. The Morgan fingerprint density at radius 2 is 2.00 bits per heavy atom. The van der Waals surface area contributed by atoms with Gasteiger partial charge in [-0.3, -0.25) is 0 Å². The fourth-order valence-electron chi connectivity index (χ4n) is 4.07. The van der Waals surface area contributed by atoms with Crippen molar-refractivity contribution in [1.82, 2.24) is 5.32 Å². The van der Waals surface area contributed by atoms with Crippen LogP contribution in [0.5, 0.6) is 0 Å². The SMILES string of the molecule is CCC(CC)C1NCCOC12CCCC(C)CC2. The van der Waals surface area contributed by atoms with Gasteiger partial charge in [0.25, 0.3) is 0 Å². The van der Waals surface area contributed by atoms with E-state index in [1.165, 1.54) is 44.9 Å². The number of rotatable bonds is 3. The highest BCUT2D eigenvalue weighted by atomic mass is 16.5. The largest absolute Gasteiger partial charge is 0.372 e. The number of morpholine rings is 1. The molecular weight excluding hydrogens is 222 g/mol. The molecule has 18 heavy (non-hydrogen) atoms. The van der Waals surface area contributed by atoms with Crippen molar-refractivity contribution in [2.45, 2.75) is 77.4 Å². The molecule has 106 valence electrons. The lowest BCUT2D eigenvalue weighted by Gasteiger charge is -2.47. The minimum Gasteiger partial charge on any atom is -0.372 e. The second kappa shape index (κ2) is 6.38. The van der Waals surface area contributed by atoms with E-state index in [0.29, 0.717) is 6.04 Å². The molecule has 2 aliphatic rings. The first-order valence-electron chi connectivity index (χ1n) is 8.09. The Labute approximate surface area is 113 Å². The third-order valence-corrected chi connectivity index (χ3v) is 5.30. The standard InChI is InChI=1S/C16H31NO/c1-4-14(5-2)15-16(18-12-11-17-15)9-6-7-13(3)8-10-16/h13-15,17H,4-12H2,1-3H3. The Morgan fingerprint density at radius 1 is 1.22 bits per heavy atom. The lowest BCUT2D eigenvalue weighted by atomic mass is 9.76. The van der Waals surface area contributed by atoms with Crippen molar-refractivity contribution in [3.63, 3.8) is 0 Å². The smallest absolute Gasteiger partial charge is 0.0838 e. The van der Waals surface area contributed by atoms with Gasteiger partial charge in [-0.1, -0.05) is 46.5 Å². The molecular formula is C16H31NO. The van der Waals surface area contributed by atoms with Crippen LogP contribution in [0.1, 0.15) is 65.7 Å². The minimum atomic E-state index is 0.152. The summed E-state index contributed by atoms with van der Waals surface area (Å²) in [5.74, 6) is 1.66. The molecule has 3 atom stereocenters. The van der Waals surface area contributed by atoms with Gasteiger partial charge in [-0.05, 0) is 31.1 Å². The van der Waals surface area contributed by atoms with Crippen LogP contribution >= 0.6 is 0 Å². The first-order chi connectivity index (χ1) is 8.72. The van der Waals surface area contributed by atoms with E-state index in [1.807, 2.05) is 0 Å². The Bertz CT molecular complexity index is 251. The quantitative estimate of drug-likeness (QED) is 0.827. The summed E-state index contributed by atoms with van der Waals surface area (Å²) in [5, 5.41) is 3.80. The fraction of sp³-hybridized carbons (Fsp3) is 1.00. The molecule has 3 unspecified atom stereocenters. The molecule has 2 heteroatoms. The summed E-state index contributed by atoms with van der Waals surface area (Å²) >= 11 is 0. The first-order valence-corrected chi connectivity index (χ1v) is 8.09. The van der Waals surface area contributed by atoms with Crippen molar-refractivity contribution in [1.29, 1.82) is 0 Å². The molecule has 0 radical (unpaired) electrons. The highest BCUT2D eigenvalue weighted by Gasteiger charge is 2.45. The summed E-state index contributed by atoms with van der Waals surface area (Å²) in [7, 11) is 0. The molecule has 2 rings (SSSR count). The number of nitrogens with one attached hydrogen (secondary N) is 1. The van der Waals surface area contributed by atoms with Crippen LogP contribution in [-0.2, 0) is 4.74 Å². The monoisotopic (exact) mass is 253 g/mol. The van der Waals surface area contributed by atoms with Crippen LogP contribution in [0, 0.1) is 11.8 Å². The highest BCUT2D eigenvalue weighted by molar-refractivity contribution is 5.00. The topological polar surface area (TPSA) is 21.3 Å². The Balaban J connectivity index is 2.14. The summed E-state index contributed by atoms with van der Waals surface area (Å²) in [6.45, 7) is 9.01. The predicted octanol–water partition coefficient (Wildman–Crippen LogP) is 3.75. The first kappa shape index (κ1) is 14.3. The van der Waals surface area contributed by atoms with E-state index in [1.54, 1.807) is 0 Å². The normalized spacial score (nSPS) is 38.0. The molecule has 1 aliphatic carbocycles. The van der Waals surface area contributed by atoms with Crippen molar-refractivity contribution in [2.24, 2.45) is 11.8 Å². The molecule has 1 aliphatic heterocycles. The third-order valence-electron chi connectivity index (χ3n) is 5.30. The zero-order valence-corrected chi connectivity index (χ0v) is 12.5. The fourth-order valence-corrected chi connectivity index (χ4v) is 4.07. The van der Waals surface area contributed by atoms with E-state index >= 15 is 0 Å². The van der Waals surface area contributed by atoms with E-state index < -0.39 is 0 Å². The second-order valence-electron chi connectivity index (χ2n) is 6.46. The van der Waals surface area contributed by atoms with Gasteiger partial charge in [0, 0.05) is 12.6 Å². The van der Waals surface area contributed by atoms with Crippen molar-refractivity contribution in [3.8, 4) is 0 Å². The van der Waals surface area contributed by atoms with Gasteiger partial charge in [0.2, 0.25) is 0 Å². The van der Waals surface area contributed by atoms with E-state index in [0.717, 1.165) is 25.0 Å². The Morgan fingerprint density at radius 3 is 2.72 bits per heavy atom. The molecule has 0 aromatic heterocycles.